The Morgan fingerprint density at radius 2 is 2.31 bits per heavy atom. The van der Waals surface area contributed by atoms with Crippen LogP contribution < -0.4 is 4.90 Å². The number of halogens is 1. The van der Waals surface area contributed by atoms with Gasteiger partial charge >= 0.3 is 0 Å². The molecule has 2 rings (SSSR count). The molecule has 1 fully saturated rings. The largest absolute Gasteiger partial charge is 0.390 e. The second kappa shape index (κ2) is 4.52. The summed E-state index contributed by atoms with van der Waals surface area (Å²) in [6.07, 6.45) is -1.68. The molecule has 1 aromatic heterocycles. The lowest BCUT2D eigenvalue weighted by Crippen LogP contribution is -2.45. The van der Waals surface area contributed by atoms with Crippen molar-refractivity contribution in [1.82, 2.24) is 10.2 Å². The van der Waals surface area contributed by atoms with Gasteiger partial charge in [0.1, 0.15) is 6.17 Å². The van der Waals surface area contributed by atoms with Gasteiger partial charge in [-0.25, -0.2) is 9.38 Å². The molecule has 16 heavy (non-hydrogen) atoms. The molecule has 1 aromatic rings. The van der Waals surface area contributed by atoms with Crippen LogP contribution >= 0.6 is 0 Å². The average molecular weight is 224 g/mol. The maximum atomic E-state index is 13.3. The zero-order valence-corrected chi connectivity index (χ0v) is 8.75. The fourth-order valence-electron chi connectivity index (χ4n) is 1.67. The van der Waals surface area contributed by atoms with E-state index in [1.165, 1.54) is 0 Å². The molecule has 5 nitrogen and oxygen atoms in total. The number of anilines is 1. The molecule has 0 radical (unpaired) electrons. The van der Waals surface area contributed by atoms with E-state index in [9.17, 15) is 9.50 Å². The van der Waals surface area contributed by atoms with Gasteiger partial charge in [-0.1, -0.05) is 0 Å². The Kier molecular flexibility index (Phi) is 3.09. The third-order valence-corrected chi connectivity index (χ3v) is 2.63. The Hall–Kier alpha value is -1.56. The smallest absolute Gasteiger partial charge is 0.173 e. The summed E-state index contributed by atoms with van der Waals surface area (Å²) in [6.45, 7) is 4.07. The predicted molar refractivity (Wildman–Crippen MR) is 59.0 cm³/mol. The Morgan fingerprint density at radius 1 is 1.50 bits per heavy atom. The molecule has 86 valence electrons. The minimum absolute atomic E-state index is 0.150. The van der Waals surface area contributed by atoms with Gasteiger partial charge in [-0.3, -0.25) is 0 Å². The lowest BCUT2D eigenvalue weighted by molar-refractivity contribution is 0.0613. The number of aromatic nitrogens is 2. The van der Waals surface area contributed by atoms with E-state index < -0.39 is 12.3 Å². The van der Waals surface area contributed by atoms with Crippen molar-refractivity contribution in [3.63, 3.8) is 0 Å². The number of hydrogen-bond acceptors (Lipinski definition) is 5. The highest BCUT2D eigenvalue weighted by Crippen LogP contribution is 2.20. The van der Waals surface area contributed by atoms with Gasteiger partial charge in [0.05, 0.1) is 12.6 Å². The summed E-state index contributed by atoms with van der Waals surface area (Å²) in [5.74, 6) is 1.04. The van der Waals surface area contributed by atoms with Crippen LogP contribution in [0.4, 0.5) is 16.0 Å². The fourth-order valence-corrected chi connectivity index (χ4v) is 1.67. The molecular formula is C10H13FN4O. The van der Waals surface area contributed by atoms with E-state index >= 15 is 0 Å². The van der Waals surface area contributed by atoms with Gasteiger partial charge < -0.3 is 10.0 Å². The Balaban J connectivity index is 2.09. The van der Waals surface area contributed by atoms with Gasteiger partial charge in [-0.2, -0.15) is 0 Å². The van der Waals surface area contributed by atoms with E-state index in [0.29, 0.717) is 24.6 Å². The van der Waals surface area contributed by atoms with E-state index in [1.54, 1.807) is 17.0 Å². The molecule has 1 aliphatic heterocycles. The molecule has 0 spiro atoms. The van der Waals surface area contributed by atoms with Crippen LogP contribution in [0.15, 0.2) is 17.1 Å². The molecular weight excluding hydrogens is 211 g/mol. The summed E-state index contributed by atoms with van der Waals surface area (Å²) < 4.78 is 13.3. The topological polar surface area (TPSA) is 61.6 Å². The second-order valence-electron chi connectivity index (χ2n) is 3.73. The van der Waals surface area contributed by atoms with Crippen molar-refractivity contribution in [2.24, 2.45) is 4.99 Å². The van der Waals surface area contributed by atoms with Gasteiger partial charge in [0.15, 0.2) is 11.6 Å². The summed E-state index contributed by atoms with van der Waals surface area (Å²) in [5, 5.41) is 17.0. The van der Waals surface area contributed by atoms with Gasteiger partial charge in [-0.05, 0) is 25.3 Å². The van der Waals surface area contributed by atoms with Crippen molar-refractivity contribution in [3.05, 3.63) is 12.1 Å². The molecule has 1 N–H and O–H groups in total. The molecule has 1 aliphatic rings. The average Bonchev–Trinajstić information content (AvgIpc) is 2.33. The highest BCUT2D eigenvalue weighted by molar-refractivity contribution is 5.44. The van der Waals surface area contributed by atoms with Crippen LogP contribution in [0.3, 0.4) is 0 Å². The first-order valence-corrected chi connectivity index (χ1v) is 5.08. The van der Waals surface area contributed by atoms with E-state index in [2.05, 4.69) is 21.9 Å². The molecule has 0 saturated carbocycles. The summed E-state index contributed by atoms with van der Waals surface area (Å²) in [4.78, 5) is 5.39. The molecule has 2 heterocycles. The number of alkyl halides is 1. The van der Waals surface area contributed by atoms with E-state index in [-0.39, 0.29) is 6.54 Å². The van der Waals surface area contributed by atoms with E-state index in [0.717, 1.165) is 0 Å². The van der Waals surface area contributed by atoms with Crippen LogP contribution in [0.25, 0.3) is 0 Å². The Labute approximate surface area is 92.6 Å². The van der Waals surface area contributed by atoms with Crippen molar-refractivity contribution in [1.29, 1.82) is 0 Å². The van der Waals surface area contributed by atoms with Crippen LogP contribution in [0, 0.1) is 0 Å². The monoisotopic (exact) mass is 224 g/mol. The molecule has 0 aromatic carbocycles. The van der Waals surface area contributed by atoms with E-state index in [1.807, 2.05) is 0 Å². The van der Waals surface area contributed by atoms with Crippen molar-refractivity contribution in [2.45, 2.75) is 18.7 Å². The van der Waals surface area contributed by atoms with Crippen LogP contribution in [0.1, 0.15) is 6.42 Å². The fraction of sp³-hybridized carbons (Fsp3) is 0.500. The number of aliphatic imine (C=N–C) groups is 1. The highest BCUT2D eigenvalue weighted by atomic mass is 19.1. The van der Waals surface area contributed by atoms with Gasteiger partial charge in [-0.15, -0.1) is 10.2 Å². The maximum Gasteiger partial charge on any atom is 0.173 e. The van der Waals surface area contributed by atoms with Gasteiger partial charge in [0, 0.05) is 6.54 Å². The maximum absolute atomic E-state index is 13.3. The normalized spacial score (nSPS) is 25.5. The molecule has 0 unspecified atom stereocenters. The quantitative estimate of drug-likeness (QED) is 0.752. The zero-order valence-electron chi connectivity index (χ0n) is 8.75. The lowest BCUT2D eigenvalue weighted by atomic mass is 10.1. The first-order valence-electron chi connectivity index (χ1n) is 5.08. The summed E-state index contributed by atoms with van der Waals surface area (Å²) in [6, 6.07) is 3.40. The minimum Gasteiger partial charge on any atom is -0.390 e. The third kappa shape index (κ3) is 2.16. The van der Waals surface area contributed by atoms with Crippen molar-refractivity contribution in [3.8, 4) is 0 Å². The molecule has 1 saturated heterocycles. The van der Waals surface area contributed by atoms with Crippen LogP contribution in [0.2, 0.25) is 0 Å². The highest BCUT2D eigenvalue weighted by Gasteiger charge is 2.28. The van der Waals surface area contributed by atoms with Crippen molar-refractivity contribution >= 4 is 18.4 Å². The SMILES string of the molecule is C=Nc1ccc(N2CC[C@@H](O)[C@H](F)C2)nn1. The minimum atomic E-state index is -1.23. The molecule has 2 atom stereocenters. The number of nitrogens with zero attached hydrogens (tertiary/aromatic N) is 4. The predicted octanol–water partition coefficient (Wildman–Crippen LogP) is 0.718. The van der Waals surface area contributed by atoms with Gasteiger partial charge in [0.25, 0.3) is 0 Å². The van der Waals surface area contributed by atoms with Crippen molar-refractivity contribution in [2.75, 3.05) is 18.0 Å². The first-order chi connectivity index (χ1) is 7.70. The van der Waals surface area contributed by atoms with Crippen LogP contribution in [-0.4, -0.2) is 47.4 Å². The Morgan fingerprint density at radius 3 is 2.88 bits per heavy atom. The third-order valence-electron chi connectivity index (χ3n) is 2.63. The number of hydrogen-bond donors (Lipinski definition) is 1. The number of piperidine rings is 1. The molecule has 0 bridgehead atoms. The summed E-state index contributed by atoms with van der Waals surface area (Å²) in [5.41, 5.74) is 0. The van der Waals surface area contributed by atoms with Gasteiger partial charge in [0.2, 0.25) is 0 Å². The standard InChI is InChI=1S/C10H13FN4O/c1-12-9-2-3-10(14-13-9)15-5-4-8(16)7(11)6-15/h2-3,7-8,16H,1,4-6H2/t7-,8-/m1/s1. The summed E-state index contributed by atoms with van der Waals surface area (Å²) in [7, 11) is 0. The summed E-state index contributed by atoms with van der Waals surface area (Å²) >= 11 is 0. The zero-order chi connectivity index (χ0) is 11.5. The number of rotatable bonds is 2. The second-order valence-corrected chi connectivity index (χ2v) is 3.73. The van der Waals surface area contributed by atoms with Crippen molar-refractivity contribution < 1.29 is 9.50 Å². The first kappa shape index (κ1) is 10.9. The Bertz CT molecular complexity index is 370. The van der Waals surface area contributed by atoms with E-state index in [4.69, 9.17) is 0 Å². The lowest BCUT2D eigenvalue weighted by Gasteiger charge is -2.32. The molecule has 0 amide bonds. The van der Waals surface area contributed by atoms with Crippen LogP contribution in [-0.2, 0) is 0 Å². The molecule has 0 aliphatic carbocycles. The number of aliphatic hydroxyl groups is 1. The molecule has 6 heteroatoms. The van der Waals surface area contributed by atoms with Crippen LogP contribution in [0.5, 0.6) is 0 Å². The number of aliphatic hydroxyl groups excluding tert-OH is 1.